The fourth-order valence-electron chi connectivity index (χ4n) is 2.59. The minimum atomic E-state index is -0.194. The smallest absolute Gasteiger partial charge is 0.256 e. The lowest BCUT2D eigenvalue weighted by molar-refractivity contribution is 0.102. The first-order valence-electron chi connectivity index (χ1n) is 8.69. The summed E-state index contributed by atoms with van der Waals surface area (Å²) in [5, 5.41) is 8.13. The number of hydrogen-bond donors (Lipinski definition) is 1. The molecule has 0 radical (unpaired) electrons. The van der Waals surface area contributed by atoms with Crippen molar-refractivity contribution in [3.8, 4) is 0 Å². The SMILES string of the molecule is O=C(Nc1ccn(Cc2cccnc2)n1)c1ccc(Sc2ccccn2)cc1. The summed E-state index contributed by atoms with van der Waals surface area (Å²) >= 11 is 1.55. The highest BCUT2D eigenvalue weighted by Crippen LogP contribution is 2.25. The van der Waals surface area contributed by atoms with Gasteiger partial charge in [0.05, 0.1) is 6.54 Å². The third-order valence-electron chi connectivity index (χ3n) is 3.93. The van der Waals surface area contributed by atoms with Crippen LogP contribution in [0.3, 0.4) is 0 Å². The minimum Gasteiger partial charge on any atom is -0.305 e. The van der Waals surface area contributed by atoms with Gasteiger partial charge in [-0.15, -0.1) is 0 Å². The molecule has 0 saturated carbocycles. The maximum Gasteiger partial charge on any atom is 0.256 e. The molecule has 28 heavy (non-hydrogen) atoms. The second-order valence-electron chi connectivity index (χ2n) is 6.01. The van der Waals surface area contributed by atoms with Crippen LogP contribution >= 0.6 is 11.8 Å². The lowest BCUT2D eigenvalue weighted by Crippen LogP contribution is -2.12. The van der Waals surface area contributed by atoms with Crippen molar-refractivity contribution in [1.29, 1.82) is 0 Å². The molecule has 0 atom stereocenters. The molecule has 1 N–H and O–H groups in total. The number of nitrogens with zero attached hydrogens (tertiary/aromatic N) is 4. The topological polar surface area (TPSA) is 72.7 Å². The van der Waals surface area contributed by atoms with Gasteiger partial charge in [-0.05, 0) is 48.0 Å². The fraction of sp³-hybridized carbons (Fsp3) is 0.0476. The summed E-state index contributed by atoms with van der Waals surface area (Å²) in [4.78, 5) is 21.9. The predicted molar refractivity (Wildman–Crippen MR) is 108 cm³/mol. The molecule has 1 aromatic carbocycles. The van der Waals surface area contributed by atoms with Gasteiger partial charge in [0.25, 0.3) is 5.91 Å². The Morgan fingerprint density at radius 2 is 1.89 bits per heavy atom. The van der Waals surface area contributed by atoms with Gasteiger partial charge < -0.3 is 5.32 Å². The molecule has 0 bridgehead atoms. The van der Waals surface area contributed by atoms with Gasteiger partial charge in [0.15, 0.2) is 5.82 Å². The van der Waals surface area contributed by atoms with Gasteiger partial charge in [0.2, 0.25) is 0 Å². The Hall–Kier alpha value is -3.45. The Morgan fingerprint density at radius 1 is 1.00 bits per heavy atom. The van der Waals surface area contributed by atoms with Crippen molar-refractivity contribution < 1.29 is 4.79 Å². The average molecular weight is 387 g/mol. The molecule has 0 aliphatic rings. The first-order chi connectivity index (χ1) is 13.8. The molecule has 0 unspecified atom stereocenters. The molecular formula is C21H17N5OS. The molecule has 7 heteroatoms. The Bertz CT molecular complexity index is 1050. The summed E-state index contributed by atoms with van der Waals surface area (Å²) in [5.41, 5.74) is 1.62. The fourth-order valence-corrected chi connectivity index (χ4v) is 3.36. The largest absolute Gasteiger partial charge is 0.305 e. The second-order valence-corrected chi connectivity index (χ2v) is 7.10. The van der Waals surface area contributed by atoms with Crippen molar-refractivity contribution in [2.24, 2.45) is 0 Å². The molecular weight excluding hydrogens is 370 g/mol. The van der Waals surface area contributed by atoms with E-state index in [0.717, 1.165) is 15.5 Å². The predicted octanol–water partition coefficient (Wildman–Crippen LogP) is 4.12. The number of anilines is 1. The van der Waals surface area contributed by atoms with Crippen molar-refractivity contribution in [1.82, 2.24) is 19.7 Å². The first kappa shape index (κ1) is 17.9. The molecule has 4 rings (SSSR count). The molecule has 6 nitrogen and oxygen atoms in total. The number of pyridine rings is 2. The van der Waals surface area contributed by atoms with E-state index in [9.17, 15) is 4.79 Å². The molecule has 0 saturated heterocycles. The monoisotopic (exact) mass is 387 g/mol. The Kier molecular flexibility index (Phi) is 5.44. The summed E-state index contributed by atoms with van der Waals surface area (Å²) < 4.78 is 1.76. The van der Waals surface area contributed by atoms with E-state index in [0.29, 0.717) is 17.9 Å². The van der Waals surface area contributed by atoms with E-state index in [1.165, 1.54) is 0 Å². The van der Waals surface area contributed by atoms with Crippen LogP contribution in [0.4, 0.5) is 5.82 Å². The lowest BCUT2D eigenvalue weighted by Gasteiger charge is -2.05. The van der Waals surface area contributed by atoms with Crippen LogP contribution in [-0.4, -0.2) is 25.7 Å². The van der Waals surface area contributed by atoms with Crippen LogP contribution in [0.15, 0.2) is 95.4 Å². The van der Waals surface area contributed by atoms with Crippen molar-refractivity contribution in [3.05, 3.63) is 96.6 Å². The molecule has 3 aromatic heterocycles. The lowest BCUT2D eigenvalue weighted by atomic mass is 10.2. The van der Waals surface area contributed by atoms with Crippen molar-refractivity contribution in [2.75, 3.05) is 5.32 Å². The van der Waals surface area contributed by atoms with Crippen LogP contribution in [0.1, 0.15) is 15.9 Å². The zero-order valence-corrected chi connectivity index (χ0v) is 15.7. The van der Waals surface area contributed by atoms with Gasteiger partial charge in [-0.3, -0.25) is 14.5 Å². The van der Waals surface area contributed by atoms with Gasteiger partial charge in [0, 0.05) is 41.3 Å². The average Bonchev–Trinajstić information content (AvgIpc) is 3.17. The normalized spacial score (nSPS) is 10.6. The Morgan fingerprint density at radius 3 is 2.64 bits per heavy atom. The molecule has 0 fully saturated rings. The summed E-state index contributed by atoms with van der Waals surface area (Å²) in [7, 11) is 0. The van der Waals surface area contributed by atoms with Crippen LogP contribution in [0, 0.1) is 0 Å². The van der Waals surface area contributed by atoms with E-state index in [2.05, 4.69) is 20.4 Å². The van der Waals surface area contributed by atoms with Crippen LogP contribution in [-0.2, 0) is 6.54 Å². The molecule has 3 heterocycles. The number of rotatable bonds is 6. The number of carbonyl (C=O) groups excluding carboxylic acids is 1. The number of nitrogens with one attached hydrogen (secondary N) is 1. The third-order valence-corrected chi connectivity index (χ3v) is 4.88. The van der Waals surface area contributed by atoms with Crippen LogP contribution in [0.5, 0.6) is 0 Å². The molecule has 4 aromatic rings. The highest BCUT2D eigenvalue weighted by atomic mass is 32.2. The minimum absolute atomic E-state index is 0.194. The van der Waals surface area contributed by atoms with Crippen molar-refractivity contribution in [3.63, 3.8) is 0 Å². The van der Waals surface area contributed by atoms with E-state index >= 15 is 0 Å². The van der Waals surface area contributed by atoms with E-state index < -0.39 is 0 Å². The van der Waals surface area contributed by atoms with E-state index in [1.54, 1.807) is 53.2 Å². The molecule has 1 amide bonds. The van der Waals surface area contributed by atoms with Crippen LogP contribution in [0.25, 0.3) is 0 Å². The quantitative estimate of drug-likeness (QED) is 0.539. The summed E-state index contributed by atoms with van der Waals surface area (Å²) in [5.74, 6) is 0.321. The Labute approximate surface area is 166 Å². The number of benzene rings is 1. The maximum absolute atomic E-state index is 12.5. The second kappa shape index (κ2) is 8.49. The number of carbonyl (C=O) groups is 1. The summed E-state index contributed by atoms with van der Waals surface area (Å²) in [6.07, 6.45) is 7.12. The van der Waals surface area contributed by atoms with Crippen molar-refractivity contribution in [2.45, 2.75) is 16.5 Å². The van der Waals surface area contributed by atoms with Gasteiger partial charge >= 0.3 is 0 Å². The molecule has 0 aliphatic carbocycles. The van der Waals surface area contributed by atoms with Gasteiger partial charge in [-0.1, -0.05) is 23.9 Å². The van der Waals surface area contributed by atoms with Crippen LogP contribution < -0.4 is 5.32 Å². The number of hydrogen-bond acceptors (Lipinski definition) is 5. The molecule has 0 aliphatic heterocycles. The zero-order chi connectivity index (χ0) is 19.2. The maximum atomic E-state index is 12.5. The summed E-state index contributed by atoms with van der Waals surface area (Å²) in [6.45, 7) is 0.600. The molecule has 0 spiro atoms. The third kappa shape index (κ3) is 4.63. The standard InChI is InChI=1S/C21H17N5OS/c27-21(17-6-8-18(9-7-17)28-20-5-1-2-12-23-20)24-19-10-13-26(25-19)15-16-4-3-11-22-14-16/h1-14H,15H2,(H,24,25,27). The zero-order valence-electron chi connectivity index (χ0n) is 14.9. The van der Waals surface area contributed by atoms with Crippen molar-refractivity contribution >= 4 is 23.5 Å². The highest BCUT2D eigenvalue weighted by Gasteiger charge is 2.09. The van der Waals surface area contributed by atoms with E-state index in [-0.39, 0.29) is 5.91 Å². The number of aromatic nitrogens is 4. The van der Waals surface area contributed by atoms with E-state index in [4.69, 9.17) is 0 Å². The van der Waals surface area contributed by atoms with E-state index in [1.807, 2.05) is 48.7 Å². The van der Waals surface area contributed by atoms with Gasteiger partial charge in [0.1, 0.15) is 5.03 Å². The van der Waals surface area contributed by atoms with Gasteiger partial charge in [-0.25, -0.2) is 4.98 Å². The number of amides is 1. The first-order valence-corrected chi connectivity index (χ1v) is 9.50. The van der Waals surface area contributed by atoms with Gasteiger partial charge in [-0.2, -0.15) is 5.10 Å². The summed E-state index contributed by atoms with van der Waals surface area (Å²) in [6, 6.07) is 18.9. The highest BCUT2D eigenvalue weighted by molar-refractivity contribution is 7.99. The Balaban J connectivity index is 1.37. The molecule has 138 valence electrons. The van der Waals surface area contributed by atoms with Crippen LogP contribution in [0.2, 0.25) is 0 Å².